The molecule has 0 radical (unpaired) electrons. The molecule has 164 valence electrons. The van der Waals surface area contributed by atoms with E-state index < -0.39 is 30.4 Å². The van der Waals surface area contributed by atoms with Gasteiger partial charge in [-0.2, -0.15) is 8.78 Å². The molecule has 29 heavy (non-hydrogen) atoms. The van der Waals surface area contributed by atoms with Crippen LogP contribution in [0.25, 0.3) is 0 Å². The molecule has 7 heteroatoms. The van der Waals surface area contributed by atoms with E-state index in [1.807, 2.05) is 13.8 Å². The van der Waals surface area contributed by atoms with Gasteiger partial charge in [0.1, 0.15) is 0 Å². The van der Waals surface area contributed by atoms with Crippen molar-refractivity contribution in [3.63, 3.8) is 0 Å². The number of alkyl halides is 2. The number of aliphatic hydroxyl groups is 1. The largest absolute Gasteiger partial charge is 0.469 e. The van der Waals surface area contributed by atoms with Gasteiger partial charge in [-0.05, 0) is 18.8 Å². The average molecular weight is 414 g/mol. The van der Waals surface area contributed by atoms with Crippen LogP contribution in [0, 0.1) is 17.8 Å². The smallest absolute Gasteiger partial charge is 0.327 e. The number of hydrogen-bond donors (Lipinski definition) is 1. The first kappa shape index (κ1) is 25.1. The molecule has 1 rings (SSSR count). The van der Waals surface area contributed by atoms with Gasteiger partial charge in [-0.25, -0.2) is 0 Å². The highest BCUT2D eigenvalue weighted by Gasteiger charge is 2.52. The minimum absolute atomic E-state index is 0.119. The molecule has 1 aliphatic heterocycles. The molecule has 1 unspecified atom stereocenters. The van der Waals surface area contributed by atoms with E-state index in [9.17, 15) is 23.5 Å². The molecule has 1 aliphatic rings. The second kappa shape index (κ2) is 12.6. The van der Waals surface area contributed by atoms with E-state index in [2.05, 4.69) is 16.6 Å². The maximum Gasteiger partial charge on any atom is 0.327 e. The Morgan fingerprint density at radius 3 is 2.69 bits per heavy atom. The van der Waals surface area contributed by atoms with Gasteiger partial charge in [0.15, 0.2) is 0 Å². The van der Waals surface area contributed by atoms with Crippen LogP contribution in [-0.4, -0.2) is 53.6 Å². The number of methoxy groups -OCH3 is 1. The van der Waals surface area contributed by atoms with Gasteiger partial charge in [0, 0.05) is 32.2 Å². The molecule has 1 amide bonds. The van der Waals surface area contributed by atoms with Crippen molar-refractivity contribution in [2.24, 2.45) is 5.92 Å². The molecule has 0 aliphatic carbocycles. The van der Waals surface area contributed by atoms with Crippen molar-refractivity contribution in [2.75, 3.05) is 13.7 Å². The van der Waals surface area contributed by atoms with Gasteiger partial charge in [-0.15, -0.1) is 11.8 Å². The molecule has 3 atom stereocenters. The summed E-state index contributed by atoms with van der Waals surface area (Å²) in [7, 11) is 1.34. The van der Waals surface area contributed by atoms with Gasteiger partial charge >= 0.3 is 11.9 Å². The van der Waals surface area contributed by atoms with E-state index in [0.29, 0.717) is 25.7 Å². The average Bonchev–Trinajstić information content (AvgIpc) is 2.91. The van der Waals surface area contributed by atoms with Crippen molar-refractivity contribution >= 4 is 11.9 Å². The highest BCUT2D eigenvalue weighted by molar-refractivity contribution is 5.86. The lowest BCUT2D eigenvalue weighted by Crippen LogP contribution is -2.36. The first-order valence-electron chi connectivity index (χ1n) is 10.3. The molecular weight excluding hydrogens is 380 g/mol. The van der Waals surface area contributed by atoms with Crippen molar-refractivity contribution in [3.05, 3.63) is 12.2 Å². The Bertz CT molecular complexity index is 624. The predicted molar refractivity (Wildman–Crippen MR) is 107 cm³/mol. The number of carbonyl (C=O) groups excluding carboxylic acids is 2. The quantitative estimate of drug-likeness (QED) is 0.243. The fraction of sp³-hybridized carbons (Fsp3) is 0.727. The third kappa shape index (κ3) is 8.53. The Kier molecular flexibility index (Phi) is 10.9. The third-order valence-electron chi connectivity index (χ3n) is 5.04. The summed E-state index contributed by atoms with van der Waals surface area (Å²) in [4.78, 5) is 24.3. The third-order valence-corrected chi connectivity index (χ3v) is 5.04. The Hall–Kier alpha value is -1.94. The monoisotopic (exact) mass is 413 g/mol. The Morgan fingerprint density at radius 2 is 2.03 bits per heavy atom. The van der Waals surface area contributed by atoms with Crippen molar-refractivity contribution in [2.45, 2.75) is 83.3 Å². The van der Waals surface area contributed by atoms with E-state index in [1.165, 1.54) is 24.2 Å². The van der Waals surface area contributed by atoms with Crippen molar-refractivity contribution < 1.29 is 28.2 Å². The molecule has 0 bridgehead atoms. The fourth-order valence-corrected chi connectivity index (χ4v) is 3.18. The SMILES string of the molecule is CCC#CC[C@H](C)C(O)C=C[C@H]1CC(F)(F)C(=O)N1CCCCCCC(=O)OC. The lowest BCUT2D eigenvalue weighted by Gasteiger charge is -2.22. The van der Waals surface area contributed by atoms with Crippen LogP contribution in [0.4, 0.5) is 8.78 Å². The van der Waals surface area contributed by atoms with Gasteiger partial charge in [0.05, 0.1) is 19.3 Å². The second-order valence-electron chi connectivity index (χ2n) is 7.48. The molecule has 0 saturated carbocycles. The molecular formula is C22H33F2NO4. The van der Waals surface area contributed by atoms with Crippen LogP contribution in [-0.2, 0) is 14.3 Å². The zero-order valence-electron chi connectivity index (χ0n) is 17.6. The zero-order valence-corrected chi connectivity index (χ0v) is 17.6. The Balaban J connectivity index is 2.56. The van der Waals surface area contributed by atoms with Crippen LogP contribution in [0.3, 0.4) is 0 Å². The molecule has 1 N–H and O–H groups in total. The standard InChI is InChI=1S/C22H33F2NO4/c1-4-5-8-11-17(2)19(26)14-13-18-16-22(23,24)21(28)25(18)15-10-7-6-9-12-20(27)29-3/h13-14,17-19,26H,4,6-7,9-12,15-16H2,1-3H3/t17-,18-,19?/m0/s1. The topological polar surface area (TPSA) is 66.8 Å². The minimum Gasteiger partial charge on any atom is -0.469 e. The molecule has 1 heterocycles. The number of esters is 1. The summed E-state index contributed by atoms with van der Waals surface area (Å²) in [6.07, 6.45) is 6.01. The van der Waals surface area contributed by atoms with Crippen molar-refractivity contribution in [3.8, 4) is 11.8 Å². The number of hydrogen-bond acceptors (Lipinski definition) is 4. The summed E-state index contributed by atoms with van der Waals surface area (Å²) in [6.45, 7) is 4.02. The fourth-order valence-electron chi connectivity index (χ4n) is 3.18. The van der Waals surface area contributed by atoms with E-state index in [0.717, 1.165) is 19.3 Å². The van der Waals surface area contributed by atoms with Crippen LogP contribution in [0.15, 0.2) is 12.2 Å². The van der Waals surface area contributed by atoms with Gasteiger partial charge in [-0.1, -0.05) is 38.8 Å². The summed E-state index contributed by atoms with van der Waals surface area (Å²) in [5, 5.41) is 10.2. The summed E-state index contributed by atoms with van der Waals surface area (Å²) in [6, 6.07) is -0.726. The molecule has 5 nitrogen and oxygen atoms in total. The number of amides is 1. The molecule has 0 spiro atoms. The minimum atomic E-state index is -3.37. The van der Waals surface area contributed by atoms with Crippen LogP contribution in [0.2, 0.25) is 0 Å². The number of unbranched alkanes of at least 4 members (excludes halogenated alkanes) is 3. The lowest BCUT2D eigenvalue weighted by molar-refractivity contribution is -0.148. The van der Waals surface area contributed by atoms with Crippen molar-refractivity contribution in [1.29, 1.82) is 0 Å². The number of nitrogens with zero attached hydrogens (tertiary/aromatic N) is 1. The number of carbonyl (C=O) groups is 2. The maximum absolute atomic E-state index is 13.9. The van der Waals surface area contributed by atoms with Gasteiger partial charge < -0.3 is 14.7 Å². The summed E-state index contributed by atoms with van der Waals surface area (Å²) >= 11 is 0. The lowest BCUT2D eigenvalue weighted by atomic mass is 9.99. The highest BCUT2D eigenvalue weighted by atomic mass is 19.3. The maximum atomic E-state index is 13.9. The van der Waals surface area contributed by atoms with Crippen molar-refractivity contribution in [1.82, 2.24) is 4.90 Å². The van der Waals surface area contributed by atoms with E-state index in [1.54, 1.807) is 0 Å². The summed E-state index contributed by atoms with van der Waals surface area (Å²) < 4.78 is 32.4. The highest BCUT2D eigenvalue weighted by Crippen LogP contribution is 2.34. The van der Waals surface area contributed by atoms with Crippen LogP contribution < -0.4 is 0 Å². The van der Waals surface area contributed by atoms with Crippen LogP contribution in [0.5, 0.6) is 0 Å². The van der Waals surface area contributed by atoms with Gasteiger partial charge in [-0.3, -0.25) is 9.59 Å². The number of rotatable bonds is 11. The second-order valence-corrected chi connectivity index (χ2v) is 7.48. The number of aliphatic hydroxyl groups excluding tert-OH is 1. The predicted octanol–water partition coefficient (Wildman–Crippen LogP) is 3.70. The van der Waals surface area contributed by atoms with Gasteiger partial charge in [0.25, 0.3) is 5.91 Å². The molecule has 1 saturated heterocycles. The first-order chi connectivity index (χ1) is 13.7. The van der Waals surface area contributed by atoms with E-state index in [-0.39, 0.29) is 18.4 Å². The first-order valence-corrected chi connectivity index (χ1v) is 10.3. The number of halogens is 2. The Morgan fingerprint density at radius 1 is 1.34 bits per heavy atom. The molecule has 0 aromatic rings. The summed E-state index contributed by atoms with van der Waals surface area (Å²) in [5.74, 6) is 0.998. The molecule has 0 aromatic carbocycles. The van der Waals surface area contributed by atoms with Crippen LogP contribution >= 0.6 is 0 Å². The zero-order chi connectivity index (χ0) is 21.9. The van der Waals surface area contributed by atoms with Crippen LogP contribution in [0.1, 0.15) is 65.2 Å². The number of ether oxygens (including phenoxy) is 1. The van der Waals surface area contributed by atoms with E-state index >= 15 is 0 Å². The number of likely N-dealkylation sites (tertiary alicyclic amines) is 1. The normalized spacial score (nSPS) is 20.4. The van der Waals surface area contributed by atoms with Gasteiger partial charge in [0.2, 0.25) is 0 Å². The molecule has 0 aromatic heterocycles. The van der Waals surface area contributed by atoms with E-state index in [4.69, 9.17) is 0 Å². The molecule has 1 fully saturated rings. The summed E-state index contributed by atoms with van der Waals surface area (Å²) in [5.41, 5.74) is 0. The Labute approximate surface area is 172 Å².